The van der Waals surface area contributed by atoms with Crippen LogP contribution in [-0.4, -0.2) is 56.6 Å². The van der Waals surface area contributed by atoms with Crippen molar-refractivity contribution < 1.29 is 18.7 Å². The average Bonchev–Trinajstić information content (AvgIpc) is 3.53. The predicted octanol–water partition coefficient (Wildman–Crippen LogP) is 3.24. The Labute approximate surface area is 192 Å². The Morgan fingerprint density at radius 2 is 2.09 bits per heavy atom. The summed E-state index contributed by atoms with van der Waals surface area (Å²) in [6.07, 6.45) is 6.05. The lowest BCUT2D eigenvalue weighted by molar-refractivity contribution is -0.126. The quantitative estimate of drug-likeness (QED) is 0.372. The number of carbonyl (C=O) groups is 2. The lowest BCUT2D eigenvalue weighted by Gasteiger charge is -2.37. The van der Waals surface area contributed by atoms with Gasteiger partial charge in [-0.05, 0) is 37.8 Å². The highest BCUT2D eigenvalue weighted by Gasteiger charge is 2.40. The fraction of sp³-hybridized carbons (Fsp3) is 0.478. The molecular formula is C23H27FN4O3S. The fourth-order valence-electron chi connectivity index (χ4n) is 4.03. The van der Waals surface area contributed by atoms with Gasteiger partial charge in [0.2, 0.25) is 0 Å². The first-order valence-electron chi connectivity index (χ1n) is 10.9. The summed E-state index contributed by atoms with van der Waals surface area (Å²) < 4.78 is 21.1. The maximum Gasteiger partial charge on any atom is 0.360 e. The zero-order valence-corrected chi connectivity index (χ0v) is 18.9. The second-order valence-corrected chi connectivity index (χ2v) is 8.82. The fourth-order valence-corrected chi connectivity index (χ4v) is 4.33. The van der Waals surface area contributed by atoms with Crippen molar-refractivity contribution in [2.24, 2.45) is 5.92 Å². The maximum absolute atomic E-state index is 14.6. The zero-order chi connectivity index (χ0) is 22.7. The van der Waals surface area contributed by atoms with Gasteiger partial charge in [0.15, 0.2) is 11.5 Å². The Morgan fingerprint density at radius 1 is 1.31 bits per heavy atom. The summed E-state index contributed by atoms with van der Waals surface area (Å²) >= 11 is 4.72. The summed E-state index contributed by atoms with van der Waals surface area (Å²) in [5.74, 6) is -0.729. The number of benzene rings is 1. The van der Waals surface area contributed by atoms with E-state index in [1.165, 1.54) is 6.07 Å². The number of hydrogen-bond acceptors (Lipinski definition) is 7. The molecule has 0 N–H and O–H groups in total. The van der Waals surface area contributed by atoms with Gasteiger partial charge in [0.25, 0.3) is 0 Å². The molecule has 170 valence electrons. The van der Waals surface area contributed by atoms with Crippen LogP contribution in [0.1, 0.15) is 48.3 Å². The summed E-state index contributed by atoms with van der Waals surface area (Å²) in [4.78, 5) is 27.0. The van der Waals surface area contributed by atoms with Crippen molar-refractivity contribution in [2.45, 2.75) is 44.0 Å². The molecule has 2 fully saturated rings. The molecule has 0 radical (unpaired) electrons. The third kappa shape index (κ3) is 5.10. The number of rotatable bonds is 8. The minimum Gasteiger partial charge on any atom is -0.461 e. The van der Waals surface area contributed by atoms with Crippen molar-refractivity contribution in [2.75, 3.05) is 19.7 Å². The summed E-state index contributed by atoms with van der Waals surface area (Å²) in [5.41, 5.74) is 1.64. The van der Waals surface area contributed by atoms with Crippen molar-refractivity contribution in [1.82, 2.24) is 19.9 Å². The molecule has 32 heavy (non-hydrogen) atoms. The van der Waals surface area contributed by atoms with E-state index in [4.69, 9.17) is 17.4 Å². The van der Waals surface area contributed by atoms with E-state index in [9.17, 15) is 14.0 Å². The molecule has 1 aliphatic heterocycles. The first kappa shape index (κ1) is 22.7. The van der Waals surface area contributed by atoms with Crippen molar-refractivity contribution >= 4 is 24.4 Å². The highest BCUT2D eigenvalue weighted by atomic mass is 32.1. The highest BCUT2D eigenvalue weighted by molar-refractivity contribution is 7.81. The van der Waals surface area contributed by atoms with Crippen molar-refractivity contribution in [3.63, 3.8) is 0 Å². The van der Waals surface area contributed by atoms with Crippen LogP contribution >= 0.6 is 12.6 Å². The van der Waals surface area contributed by atoms with Gasteiger partial charge < -0.3 is 4.74 Å². The second kappa shape index (κ2) is 9.95. The van der Waals surface area contributed by atoms with Gasteiger partial charge >= 0.3 is 5.97 Å². The van der Waals surface area contributed by atoms with Gasteiger partial charge in [-0.2, -0.15) is 12.6 Å². The minimum atomic E-state index is -0.588. The number of carbonyl (C=O) groups excluding carboxylic acids is 2. The van der Waals surface area contributed by atoms with E-state index in [0.29, 0.717) is 25.2 Å². The molecule has 1 saturated heterocycles. The van der Waals surface area contributed by atoms with E-state index in [1.807, 2.05) is 6.08 Å². The Morgan fingerprint density at radius 3 is 2.81 bits per heavy atom. The Kier molecular flexibility index (Phi) is 7.05. The van der Waals surface area contributed by atoms with E-state index in [-0.39, 0.29) is 35.1 Å². The molecule has 4 rings (SSSR count). The van der Waals surface area contributed by atoms with Crippen LogP contribution in [0.25, 0.3) is 0 Å². The van der Waals surface area contributed by atoms with Gasteiger partial charge in [0, 0.05) is 29.8 Å². The lowest BCUT2D eigenvalue weighted by atomic mass is 9.93. The number of hydrogen-bond donors (Lipinski definition) is 1. The molecule has 2 heterocycles. The van der Waals surface area contributed by atoms with E-state index in [2.05, 4.69) is 15.2 Å². The zero-order valence-electron chi connectivity index (χ0n) is 18.0. The standard InChI is InChI=1S/C23H27FN4O3S/c1-2-31-23(30)19-14-28(26-25-19)12-9-16-13-27(11-10-20(16)32)21(22(29)15-7-8-15)17-5-3-4-6-18(17)24/h3-6,9,14-15,20-21,32H,2,7-8,10-13H2,1H3/b16-9+. The Balaban J connectivity index is 1.52. The van der Waals surface area contributed by atoms with Crippen molar-refractivity contribution in [3.05, 3.63) is 59.2 Å². The molecule has 2 aliphatic rings. The third-order valence-corrected chi connectivity index (χ3v) is 6.47. The lowest BCUT2D eigenvalue weighted by Crippen LogP contribution is -2.42. The van der Waals surface area contributed by atoms with E-state index in [1.54, 1.807) is 36.0 Å². The molecule has 0 amide bonds. The molecule has 1 saturated carbocycles. The van der Waals surface area contributed by atoms with Crippen LogP contribution in [0.2, 0.25) is 0 Å². The van der Waals surface area contributed by atoms with Crippen LogP contribution in [0.5, 0.6) is 0 Å². The van der Waals surface area contributed by atoms with E-state index < -0.39 is 12.0 Å². The number of aromatic nitrogens is 3. The average molecular weight is 459 g/mol. The molecule has 1 aromatic carbocycles. The number of halogens is 1. The van der Waals surface area contributed by atoms with Crippen molar-refractivity contribution in [1.29, 1.82) is 0 Å². The van der Waals surface area contributed by atoms with Gasteiger partial charge in [-0.1, -0.05) is 29.5 Å². The highest BCUT2D eigenvalue weighted by Crippen LogP contribution is 2.39. The Bertz CT molecular complexity index is 1020. The van der Waals surface area contributed by atoms with Crippen LogP contribution in [0.3, 0.4) is 0 Å². The molecule has 7 nitrogen and oxygen atoms in total. The first-order chi connectivity index (χ1) is 15.5. The molecule has 2 aromatic rings. The van der Waals surface area contributed by atoms with Crippen LogP contribution in [0, 0.1) is 11.7 Å². The van der Waals surface area contributed by atoms with Crippen LogP contribution in [-0.2, 0) is 16.1 Å². The van der Waals surface area contributed by atoms with E-state index >= 15 is 0 Å². The summed E-state index contributed by atoms with van der Waals surface area (Å²) in [7, 11) is 0. The minimum absolute atomic E-state index is 0.0252. The SMILES string of the molecule is CCOC(=O)c1cn(C/C=C2\CN(C(C(=O)C3CC3)c3ccccc3F)CCC2S)nn1. The largest absolute Gasteiger partial charge is 0.461 e. The summed E-state index contributed by atoms with van der Waals surface area (Å²) in [6.45, 7) is 3.60. The molecule has 1 aromatic heterocycles. The monoisotopic (exact) mass is 458 g/mol. The second-order valence-electron chi connectivity index (χ2n) is 8.20. The normalized spacial score (nSPS) is 21.5. The molecule has 1 aliphatic carbocycles. The van der Waals surface area contributed by atoms with Crippen LogP contribution in [0.4, 0.5) is 4.39 Å². The maximum atomic E-state index is 14.6. The van der Waals surface area contributed by atoms with Gasteiger partial charge in [0.05, 0.1) is 25.4 Å². The van der Waals surface area contributed by atoms with Crippen LogP contribution in [0.15, 0.2) is 42.1 Å². The molecule has 0 spiro atoms. The van der Waals surface area contributed by atoms with E-state index in [0.717, 1.165) is 24.8 Å². The number of thiol groups is 1. The molecule has 2 unspecified atom stereocenters. The molecule has 0 bridgehead atoms. The number of Topliss-reactive ketones (excluding diaryl/α,β-unsaturated/α-hetero) is 1. The summed E-state index contributed by atoms with van der Waals surface area (Å²) in [5, 5.41) is 7.87. The van der Waals surface area contributed by atoms with Crippen molar-refractivity contribution in [3.8, 4) is 0 Å². The van der Waals surface area contributed by atoms with Gasteiger partial charge in [0.1, 0.15) is 5.82 Å². The molecule has 2 atom stereocenters. The predicted molar refractivity (Wildman–Crippen MR) is 120 cm³/mol. The topological polar surface area (TPSA) is 77.3 Å². The number of esters is 1. The number of likely N-dealkylation sites (tertiary alicyclic amines) is 1. The molecular weight excluding hydrogens is 431 g/mol. The number of nitrogens with zero attached hydrogens (tertiary/aromatic N) is 4. The summed E-state index contributed by atoms with van der Waals surface area (Å²) in [6, 6.07) is 5.96. The Hall–Kier alpha value is -2.52. The third-order valence-electron chi connectivity index (χ3n) is 5.88. The van der Waals surface area contributed by atoms with Gasteiger partial charge in [-0.25, -0.2) is 13.9 Å². The van der Waals surface area contributed by atoms with Crippen LogP contribution < -0.4 is 0 Å². The van der Waals surface area contributed by atoms with Gasteiger partial charge in [-0.15, -0.1) is 5.10 Å². The number of ketones is 1. The smallest absolute Gasteiger partial charge is 0.360 e. The van der Waals surface area contributed by atoms with Gasteiger partial charge in [-0.3, -0.25) is 9.69 Å². The number of piperidine rings is 1. The number of allylic oxidation sites excluding steroid dienone is 1. The first-order valence-corrected chi connectivity index (χ1v) is 11.5. The number of ether oxygens (including phenoxy) is 1. The molecule has 9 heteroatoms.